The molecule has 128 valence electrons. The van der Waals surface area contributed by atoms with Crippen LogP contribution in [0.4, 0.5) is 0 Å². The third kappa shape index (κ3) is 3.43. The molecule has 1 aliphatic rings. The van der Waals surface area contributed by atoms with Gasteiger partial charge in [-0.05, 0) is 31.7 Å². The molecular formula is C17H17N5O2S. The fourth-order valence-electron chi connectivity index (χ4n) is 2.89. The van der Waals surface area contributed by atoms with E-state index in [4.69, 9.17) is 4.52 Å². The average molecular weight is 355 g/mol. The summed E-state index contributed by atoms with van der Waals surface area (Å²) < 4.78 is 5.25. The number of thiazole rings is 1. The SMILES string of the molecule is O=C(NCCc1csc(-c2ncccn2)n1)c1onc2c1CCCC2. The highest BCUT2D eigenvalue weighted by molar-refractivity contribution is 7.13. The molecule has 3 aromatic heterocycles. The number of aryl methyl sites for hydroxylation is 1. The summed E-state index contributed by atoms with van der Waals surface area (Å²) in [6.07, 6.45) is 7.99. The smallest absolute Gasteiger partial charge is 0.290 e. The van der Waals surface area contributed by atoms with Crippen LogP contribution in [0.5, 0.6) is 0 Å². The molecule has 0 saturated carbocycles. The summed E-state index contributed by atoms with van der Waals surface area (Å²) in [6, 6.07) is 1.77. The first-order valence-corrected chi connectivity index (χ1v) is 9.16. The standard InChI is InChI=1S/C17H17N5O2S/c23-16(14-12-4-1-2-5-13(12)22-24-14)20-9-6-11-10-25-17(21-11)15-18-7-3-8-19-15/h3,7-8,10H,1-2,4-6,9H2,(H,20,23). The first-order chi connectivity index (χ1) is 12.3. The van der Waals surface area contributed by atoms with E-state index in [1.807, 2.05) is 5.38 Å². The summed E-state index contributed by atoms with van der Waals surface area (Å²) in [5, 5.41) is 9.66. The van der Waals surface area contributed by atoms with Gasteiger partial charge in [-0.15, -0.1) is 11.3 Å². The molecule has 1 N–H and O–H groups in total. The highest BCUT2D eigenvalue weighted by atomic mass is 32.1. The van der Waals surface area contributed by atoms with Crippen molar-refractivity contribution >= 4 is 17.2 Å². The molecule has 0 fully saturated rings. The van der Waals surface area contributed by atoms with Crippen molar-refractivity contribution in [3.05, 3.63) is 46.6 Å². The van der Waals surface area contributed by atoms with Crippen molar-refractivity contribution in [2.75, 3.05) is 6.54 Å². The number of aromatic nitrogens is 4. The van der Waals surface area contributed by atoms with Crippen molar-refractivity contribution in [1.82, 2.24) is 25.4 Å². The Morgan fingerprint density at radius 3 is 2.96 bits per heavy atom. The lowest BCUT2D eigenvalue weighted by molar-refractivity contribution is 0.0916. The van der Waals surface area contributed by atoms with Crippen LogP contribution >= 0.6 is 11.3 Å². The topological polar surface area (TPSA) is 93.8 Å². The number of hydrogen-bond acceptors (Lipinski definition) is 7. The molecule has 0 radical (unpaired) electrons. The lowest BCUT2D eigenvalue weighted by Gasteiger charge is -2.09. The van der Waals surface area contributed by atoms with E-state index >= 15 is 0 Å². The summed E-state index contributed by atoms with van der Waals surface area (Å²) in [6.45, 7) is 0.493. The van der Waals surface area contributed by atoms with Gasteiger partial charge in [0.05, 0.1) is 11.4 Å². The van der Waals surface area contributed by atoms with Crippen LogP contribution < -0.4 is 5.32 Å². The van der Waals surface area contributed by atoms with Crippen LogP contribution in [0, 0.1) is 0 Å². The van der Waals surface area contributed by atoms with Gasteiger partial charge in [0.15, 0.2) is 10.8 Å². The third-order valence-corrected chi connectivity index (χ3v) is 5.03. The van der Waals surface area contributed by atoms with Crippen LogP contribution in [-0.2, 0) is 19.3 Å². The Bertz CT molecular complexity index is 874. The monoisotopic (exact) mass is 355 g/mol. The number of amides is 1. The minimum Gasteiger partial charge on any atom is -0.350 e. The van der Waals surface area contributed by atoms with Crippen LogP contribution in [0.15, 0.2) is 28.4 Å². The number of carbonyl (C=O) groups excluding carboxylic acids is 1. The van der Waals surface area contributed by atoms with Crippen LogP contribution in [0.2, 0.25) is 0 Å². The second-order valence-electron chi connectivity index (χ2n) is 5.87. The van der Waals surface area contributed by atoms with E-state index in [0.717, 1.165) is 47.6 Å². The van der Waals surface area contributed by atoms with Crippen LogP contribution in [0.1, 0.15) is 40.3 Å². The Balaban J connectivity index is 1.34. The molecule has 0 bridgehead atoms. The number of rotatable bonds is 5. The molecule has 0 spiro atoms. The highest BCUT2D eigenvalue weighted by Gasteiger charge is 2.23. The predicted molar refractivity (Wildman–Crippen MR) is 92.3 cm³/mol. The zero-order valence-corrected chi connectivity index (χ0v) is 14.4. The van der Waals surface area contributed by atoms with E-state index < -0.39 is 0 Å². The summed E-state index contributed by atoms with van der Waals surface area (Å²) in [5.41, 5.74) is 2.82. The van der Waals surface area contributed by atoms with E-state index in [-0.39, 0.29) is 5.91 Å². The molecule has 0 aromatic carbocycles. The van der Waals surface area contributed by atoms with E-state index in [1.54, 1.807) is 18.5 Å². The first-order valence-electron chi connectivity index (χ1n) is 8.28. The van der Waals surface area contributed by atoms with E-state index in [0.29, 0.717) is 24.6 Å². The van der Waals surface area contributed by atoms with Gasteiger partial charge in [0.2, 0.25) is 5.76 Å². The molecule has 7 nitrogen and oxygen atoms in total. The molecule has 0 unspecified atom stereocenters. The molecule has 3 heterocycles. The minimum absolute atomic E-state index is 0.197. The van der Waals surface area contributed by atoms with Gasteiger partial charge in [0.25, 0.3) is 5.91 Å². The van der Waals surface area contributed by atoms with Gasteiger partial charge in [-0.3, -0.25) is 4.79 Å². The second-order valence-corrected chi connectivity index (χ2v) is 6.72. The molecule has 4 rings (SSSR count). The van der Waals surface area contributed by atoms with Gasteiger partial charge < -0.3 is 9.84 Å². The van der Waals surface area contributed by atoms with Gasteiger partial charge in [0, 0.05) is 36.3 Å². The van der Waals surface area contributed by atoms with Crippen LogP contribution in [0.25, 0.3) is 10.8 Å². The molecule has 8 heteroatoms. The Morgan fingerprint density at radius 1 is 1.24 bits per heavy atom. The predicted octanol–water partition coefficient (Wildman–Crippen LogP) is 2.44. The maximum absolute atomic E-state index is 12.3. The van der Waals surface area contributed by atoms with E-state index in [9.17, 15) is 4.79 Å². The maximum atomic E-state index is 12.3. The summed E-state index contributed by atoms with van der Waals surface area (Å²) in [4.78, 5) is 25.2. The average Bonchev–Trinajstić information content (AvgIpc) is 3.29. The number of nitrogens with zero attached hydrogens (tertiary/aromatic N) is 4. The normalized spacial score (nSPS) is 13.4. The molecular weight excluding hydrogens is 338 g/mol. The zero-order valence-electron chi connectivity index (χ0n) is 13.6. The quantitative estimate of drug-likeness (QED) is 0.755. The van der Waals surface area contributed by atoms with Crippen molar-refractivity contribution < 1.29 is 9.32 Å². The fraction of sp³-hybridized carbons (Fsp3) is 0.353. The summed E-state index contributed by atoms with van der Waals surface area (Å²) in [5.74, 6) is 0.792. The lowest BCUT2D eigenvalue weighted by Crippen LogP contribution is -2.26. The molecule has 25 heavy (non-hydrogen) atoms. The van der Waals surface area contributed by atoms with E-state index in [1.165, 1.54) is 11.3 Å². The Morgan fingerprint density at radius 2 is 2.08 bits per heavy atom. The van der Waals surface area contributed by atoms with Gasteiger partial charge in [-0.1, -0.05) is 5.16 Å². The van der Waals surface area contributed by atoms with E-state index in [2.05, 4.69) is 25.4 Å². The number of carbonyl (C=O) groups is 1. The number of fused-ring (bicyclic) bond motifs is 1. The Labute approximate surface area is 148 Å². The number of hydrogen-bond donors (Lipinski definition) is 1. The number of nitrogens with one attached hydrogen (secondary N) is 1. The molecule has 1 aliphatic carbocycles. The summed E-state index contributed by atoms with van der Waals surface area (Å²) in [7, 11) is 0. The van der Waals surface area contributed by atoms with Gasteiger partial charge >= 0.3 is 0 Å². The third-order valence-electron chi connectivity index (χ3n) is 4.14. The molecule has 0 saturated heterocycles. The van der Waals surface area contributed by atoms with Crippen molar-refractivity contribution in [1.29, 1.82) is 0 Å². The molecule has 3 aromatic rings. The van der Waals surface area contributed by atoms with Crippen LogP contribution in [0.3, 0.4) is 0 Å². The Kier molecular flexibility index (Phi) is 4.51. The fourth-order valence-corrected chi connectivity index (χ4v) is 3.69. The maximum Gasteiger partial charge on any atom is 0.290 e. The highest BCUT2D eigenvalue weighted by Crippen LogP contribution is 2.24. The van der Waals surface area contributed by atoms with Crippen molar-refractivity contribution in [3.63, 3.8) is 0 Å². The van der Waals surface area contributed by atoms with Crippen molar-refractivity contribution in [3.8, 4) is 10.8 Å². The molecule has 0 aliphatic heterocycles. The summed E-state index contributed by atoms with van der Waals surface area (Å²) >= 11 is 1.50. The van der Waals surface area contributed by atoms with Crippen molar-refractivity contribution in [2.45, 2.75) is 32.1 Å². The second kappa shape index (κ2) is 7.10. The molecule has 0 atom stereocenters. The largest absolute Gasteiger partial charge is 0.350 e. The van der Waals surface area contributed by atoms with Crippen LogP contribution in [-0.4, -0.2) is 32.6 Å². The van der Waals surface area contributed by atoms with Gasteiger partial charge in [0.1, 0.15) is 0 Å². The van der Waals surface area contributed by atoms with Gasteiger partial charge in [-0.25, -0.2) is 15.0 Å². The lowest BCUT2D eigenvalue weighted by atomic mass is 9.96. The molecule has 1 amide bonds. The van der Waals surface area contributed by atoms with Crippen molar-refractivity contribution in [2.24, 2.45) is 0 Å². The minimum atomic E-state index is -0.197. The Hall–Kier alpha value is -2.61. The van der Waals surface area contributed by atoms with Gasteiger partial charge in [-0.2, -0.15) is 0 Å². The first kappa shape index (κ1) is 15.9. The zero-order chi connectivity index (χ0) is 17.1.